The average Bonchev–Trinajstić information content (AvgIpc) is 2.46. The summed E-state index contributed by atoms with van der Waals surface area (Å²) in [5.41, 5.74) is 1.08. The highest BCUT2D eigenvalue weighted by Crippen LogP contribution is 2.43. The SMILES string of the molecule is CNS(=O)(=O)NCC(=O)NCC1(c2ccc(Cl)cc2)CCC1. The van der Waals surface area contributed by atoms with E-state index in [4.69, 9.17) is 11.6 Å². The van der Waals surface area contributed by atoms with Gasteiger partial charge in [-0.1, -0.05) is 30.2 Å². The number of carbonyl (C=O) groups excluding carboxylic acids is 1. The van der Waals surface area contributed by atoms with Crippen LogP contribution in [0.2, 0.25) is 5.02 Å². The van der Waals surface area contributed by atoms with Gasteiger partial charge in [-0.15, -0.1) is 0 Å². The smallest absolute Gasteiger partial charge is 0.277 e. The number of benzene rings is 1. The first kappa shape index (κ1) is 17.2. The molecule has 1 saturated carbocycles. The Hall–Kier alpha value is -1.15. The predicted octanol–water partition coefficient (Wildman–Crippen LogP) is 0.932. The van der Waals surface area contributed by atoms with Crippen LogP contribution in [0.25, 0.3) is 0 Å². The summed E-state index contributed by atoms with van der Waals surface area (Å²) in [6.45, 7) is 0.217. The molecule has 0 spiro atoms. The van der Waals surface area contributed by atoms with Crippen molar-refractivity contribution in [1.82, 2.24) is 14.8 Å². The van der Waals surface area contributed by atoms with Gasteiger partial charge in [0.25, 0.3) is 10.2 Å². The second-order valence-corrected chi connectivity index (χ2v) is 7.59. The highest BCUT2D eigenvalue weighted by atomic mass is 35.5. The summed E-state index contributed by atoms with van der Waals surface area (Å²) >= 11 is 5.91. The van der Waals surface area contributed by atoms with Crippen LogP contribution < -0.4 is 14.8 Å². The van der Waals surface area contributed by atoms with Crippen LogP contribution in [-0.4, -0.2) is 34.5 Å². The molecule has 0 saturated heterocycles. The third kappa shape index (κ3) is 4.19. The Morgan fingerprint density at radius 3 is 2.41 bits per heavy atom. The number of hydrogen-bond donors (Lipinski definition) is 3. The second-order valence-electron chi connectivity index (χ2n) is 5.45. The van der Waals surface area contributed by atoms with Crippen LogP contribution in [0.3, 0.4) is 0 Å². The number of carbonyl (C=O) groups is 1. The van der Waals surface area contributed by atoms with E-state index in [1.54, 1.807) is 0 Å². The summed E-state index contributed by atoms with van der Waals surface area (Å²) in [6, 6.07) is 7.66. The third-order valence-electron chi connectivity index (χ3n) is 4.08. The third-order valence-corrected chi connectivity index (χ3v) is 5.40. The summed E-state index contributed by atoms with van der Waals surface area (Å²) in [4.78, 5) is 11.8. The zero-order valence-electron chi connectivity index (χ0n) is 12.4. The first-order valence-corrected chi connectivity index (χ1v) is 8.94. The molecule has 1 aromatic carbocycles. The van der Waals surface area contributed by atoms with Crippen LogP contribution in [0.5, 0.6) is 0 Å². The van der Waals surface area contributed by atoms with E-state index in [-0.39, 0.29) is 17.9 Å². The summed E-state index contributed by atoms with van der Waals surface area (Å²) in [7, 11) is -2.31. The fraction of sp³-hybridized carbons (Fsp3) is 0.500. The molecular weight excluding hydrogens is 326 g/mol. The summed E-state index contributed by atoms with van der Waals surface area (Å²) in [5, 5.41) is 3.49. The highest BCUT2D eigenvalue weighted by Gasteiger charge is 2.38. The molecule has 0 bridgehead atoms. The van der Waals surface area contributed by atoms with Crippen LogP contribution in [-0.2, 0) is 20.4 Å². The van der Waals surface area contributed by atoms with Crippen molar-refractivity contribution in [3.8, 4) is 0 Å². The molecule has 0 unspecified atom stereocenters. The molecule has 1 amide bonds. The maximum Gasteiger partial charge on any atom is 0.277 e. The standard InChI is InChI=1S/C14H20ClN3O3S/c1-16-22(20,21)18-9-13(19)17-10-14(7-2-8-14)11-3-5-12(15)6-4-11/h3-6,16,18H,2,7-10H2,1H3,(H,17,19). The van der Waals surface area contributed by atoms with Crippen LogP contribution in [0.15, 0.2) is 24.3 Å². The van der Waals surface area contributed by atoms with Gasteiger partial charge >= 0.3 is 0 Å². The van der Waals surface area contributed by atoms with Gasteiger partial charge in [-0.05, 0) is 30.5 Å². The molecule has 0 heterocycles. The molecule has 122 valence electrons. The molecule has 0 aromatic heterocycles. The van der Waals surface area contributed by atoms with E-state index < -0.39 is 10.2 Å². The Labute approximate surface area is 135 Å². The quantitative estimate of drug-likeness (QED) is 0.687. The first-order chi connectivity index (χ1) is 10.4. The van der Waals surface area contributed by atoms with E-state index in [2.05, 4.69) is 14.8 Å². The number of nitrogens with one attached hydrogen (secondary N) is 3. The number of hydrogen-bond acceptors (Lipinski definition) is 3. The molecule has 0 radical (unpaired) electrons. The molecule has 1 aromatic rings. The van der Waals surface area contributed by atoms with Gasteiger partial charge in [-0.25, -0.2) is 4.72 Å². The molecule has 8 heteroatoms. The topological polar surface area (TPSA) is 87.3 Å². The van der Waals surface area contributed by atoms with Crippen molar-refractivity contribution in [1.29, 1.82) is 0 Å². The zero-order valence-corrected chi connectivity index (χ0v) is 13.9. The van der Waals surface area contributed by atoms with Crippen LogP contribution >= 0.6 is 11.6 Å². The number of rotatable bonds is 7. The largest absolute Gasteiger partial charge is 0.354 e. The minimum atomic E-state index is -3.59. The molecule has 2 rings (SSSR count). The Bertz CT molecular complexity index is 627. The monoisotopic (exact) mass is 345 g/mol. The molecule has 1 aliphatic rings. The van der Waals surface area contributed by atoms with Crippen LogP contribution in [0, 0.1) is 0 Å². The molecule has 3 N–H and O–H groups in total. The minimum absolute atomic E-state index is 0.0673. The number of halogens is 1. The van der Waals surface area contributed by atoms with Gasteiger partial charge in [0, 0.05) is 24.0 Å². The van der Waals surface area contributed by atoms with Crippen molar-refractivity contribution in [2.75, 3.05) is 20.1 Å². The summed E-state index contributed by atoms with van der Waals surface area (Å²) in [6.07, 6.45) is 3.11. The maximum absolute atomic E-state index is 11.8. The lowest BCUT2D eigenvalue weighted by Crippen LogP contribution is -2.48. The van der Waals surface area contributed by atoms with Crippen LogP contribution in [0.1, 0.15) is 24.8 Å². The Kier molecular flexibility index (Phi) is 5.44. The van der Waals surface area contributed by atoms with Crippen molar-refractivity contribution in [3.63, 3.8) is 0 Å². The van der Waals surface area contributed by atoms with Crippen molar-refractivity contribution in [2.24, 2.45) is 0 Å². The van der Waals surface area contributed by atoms with E-state index in [1.807, 2.05) is 24.3 Å². The lowest BCUT2D eigenvalue weighted by molar-refractivity contribution is -0.120. The molecule has 0 atom stereocenters. The highest BCUT2D eigenvalue weighted by molar-refractivity contribution is 7.87. The van der Waals surface area contributed by atoms with E-state index in [0.717, 1.165) is 24.8 Å². The van der Waals surface area contributed by atoms with E-state index in [1.165, 1.54) is 7.05 Å². The minimum Gasteiger partial charge on any atom is -0.354 e. The fourth-order valence-corrected chi connectivity index (χ4v) is 3.13. The van der Waals surface area contributed by atoms with Gasteiger partial charge in [-0.3, -0.25) is 4.79 Å². The van der Waals surface area contributed by atoms with Crippen LogP contribution in [0.4, 0.5) is 0 Å². The molecule has 6 nitrogen and oxygen atoms in total. The Balaban J connectivity index is 1.91. The normalized spacial score (nSPS) is 16.8. The van der Waals surface area contributed by atoms with Gasteiger partial charge < -0.3 is 5.32 Å². The zero-order chi connectivity index (χ0) is 16.2. The number of amides is 1. The van der Waals surface area contributed by atoms with Gasteiger partial charge in [0.2, 0.25) is 5.91 Å². The lowest BCUT2D eigenvalue weighted by atomic mass is 9.64. The predicted molar refractivity (Wildman–Crippen MR) is 86.0 cm³/mol. The lowest BCUT2D eigenvalue weighted by Gasteiger charge is -2.42. The second kappa shape index (κ2) is 6.95. The van der Waals surface area contributed by atoms with E-state index in [0.29, 0.717) is 11.6 Å². The molecule has 0 aliphatic heterocycles. The maximum atomic E-state index is 11.8. The Morgan fingerprint density at radius 1 is 1.27 bits per heavy atom. The van der Waals surface area contributed by atoms with Gasteiger partial charge in [-0.2, -0.15) is 13.1 Å². The Morgan fingerprint density at radius 2 is 1.91 bits per heavy atom. The molecule has 22 heavy (non-hydrogen) atoms. The fourth-order valence-electron chi connectivity index (χ4n) is 2.54. The van der Waals surface area contributed by atoms with Gasteiger partial charge in [0.15, 0.2) is 0 Å². The first-order valence-electron chi connectivity index (χ1n) is 7.08. The van der Waals surface area contributed by atoms with Crippen molar-refractivity contribution >= 4 is 27.7 Å². The summed E-state index contributed by atoms with van der Waals surface area (Å²) < 4.78 is 26.7. The molecule has 1 fully saturated rings. The van der Waals surface area contributed by atoms with Gasteiger partial charge in [0.05, 0.1) is 6.54 Å². The molecule has 1 aliphatic carbocycles. The van der Waals surface area contributed by atoms with Crippen molar-refractivity contribution in [2.45, 2.75) is 24.7 Å². The average molecular weight is 346 g/mol. The van der Waals surface area contributed by atoms with Gasteiger partial charge in [0.1, 0.15) is 0 Å². The molecular formula is C14H20ClN3O3S. The van der Waals surface area contributed by atoms with E-state index in [9.17, 15) is 13.2 Å². The van der Waals surface area contributed by atoms with E-state index >= 15 is 0 Å². The van der Waals surface area contributed by atoms with Crippen molar-refractivity contribution < 1.29 is 13.2 Å². The summed E-state index contributed by atoms with van der Waals surface area (Å²) in [5.74, 6) is -0.348. The van der Waals surface area contributed by atoms with Crippen molar-refractivity contribution in [3.05, 3.63) is 34.9 Å².